The Bertz CT molecular complexity index is 688. The minimum atomic E-state index is -0.140. The van der Waals surface area contributed by atoms with Gasteiger partial charge in [0.05, 0.1) is 12.2 Å². The Morgan fingerprint density at radius 2 is 2.23 bits per heavy atom. The molecule has 1 amide bonds. The number of likely N-dealkylation sites (tertiary alicyclic amines) is 1. The predicted molar refractivity (Wildman–Crippen MR) is 81.7 cm³/mol. The van der Waals surface area contributed by atoms with Crippen molar-refractivity contribution in [3.05, 3.63) is 48.4 Å². The van der Waals surface area contributed by atoms with Gasteiger partial charge in [0.1, 0.15) is 0 Å². The standard InChI is InChI=1S/C16H17N5O/c17-11-20-7-6-14(9-20)16(22)19-15-10-21(12-18-15)8-13-4-2-1-3-5-13/h1-5,10,12,14H,6-9H2,(H,19,22)/t14-/m0/s1. The number of rotatable bonds is 4. The zero-order valence-electron chi connectivity index (χ0n) is 12.1. The van der Waals surface area contributed by atoms with Crippen molar-refractivity contribution in [1.29, 1.82) is 5.26 Å². The summed E-state index contributed by atoms with van der Waals surface area (Å²) in [5, 5.41) is 11.7. The van der Waals surface area contributed by atoms with Crippen LogP contribution in [-0.4, -0.2) is 33.4 Å². The van der Waals surface area contributed by atoms with Gasteiger partial charge in [0.25, 0.3) is 0 Å². The molecule has 112 valence electrons. The van der Waals surface area contributed by atoms with Crippen molar-refractivity contribution in [2.24, 2.45) is 5.92 Å². The summed E-state index contributed by atoms with van der Waals surface area (Å²) in [6.45, 7) is 1.86. The summed E-state index contributed by atoms with van der Waals surface area (Å²) in [5.74, 6) is 0.345. The number of nitrogens with one attached hydrogen (secondary N) is 1. The third-order valence-electron chi connectivity index (χ3n) is 3.79. The Balaban J connectivity index is 1.58. The van der Waals surface area contributed by atoms with Crippen molar-refractivity contribution < 1.29 is 4.79 Å². The monoisotopic (exact) mass is 295 g/mol. The van der Waals surface area contributed by atoms with E-state index >= 15 is 0 Å². The van der Waals surface area contributed by atoms with Crippen LogP contribution >= 0.6 is 0 Å². The lowest BCUT2D eigenvalue weighted by Crippen LogP contribution is -2.25. The lowest BCUT2D eigenvalue weighted by Gasteiger charge is -2.08. The van der Waals surface area contributed by atoms with E-state index in [9.17, 15) is 4.79 Å². The van der Waals surface area contributed by atoms with Crippen LogP contribution in [0.3, 0.4) is 0 Å². The van der Waals surface area contributed by atoms with Crippen LogP contribution in [0.15, 0.2) is 42.9 Å². The first-order chi connectivity index (χ1) is 10.7. The molecule has 0 bridgehead atoms. The van der Waals surface area contributed by atoms with E-state index in [-0.39, 0.29) is 11.8 Å². The number of hydrogen-bond donors (Lipinski definition) is 1. The zero-order valence-corrected chi connectivity index (χ0v) is 12.1. The normalized spacial score (nSPS) is 17.2. The molecule has 0 aliphatic carbocycles. The van der Waals surface area contributed by atoms with E-state index in [1.165, 1.54) is 5.56 Å². The number of benzene rings is 1. The highest BCUT2D eigenvalue weighted by Gasteiger charge is 2.28. The SMILES string of the molecule is N#CN1CC[C@H](C(=O)Nc2cn(Cc3ccccc3)cn2)C1. The molecule has 22 heavy (non-hydrogen) atoms. The number of carbonyl (C=O) groups excluding carboxylic acids is 1. The average molecular weight is 295 g/mol. The maximum atomic E-state index is 12.1. The van der Waals surface area contributed by atoms with Gasteiger partial charge in [0.2, 0.25) is 5.91 Å². The van der Waals surface area contributed by atoms with Crippen molar-refractivity contribution in [2.45, 2.75) is 13.0 Å². The van der Waals surface area contributed by atoms with Gasteiger partial charge in [-0.05, 0) is 12.0 Å². The summed E-state index contributed by atoms with van der Waals surface area (Å²) in [5.41, 5.74) is 1.18. The van der Waals surface area contributed by atoms with E-state index in [4.69, 9.17) is 5.26 Å². The van der Waals surface area contributed by atoms with E-state index in [1.807, 2.05) is 41.1 Å². The zero-order chi connectivity index (χ0) is 15.4. The number of hydrogen-bond acceptors (Lipinski definition) is 4. The molecule has 6 nitrogen and oxygen atoms in total. The average Bonchev–Trinajstić information content (AvgIpc) is 3.17. The van der Waals surface area contributed by atoms with E-state index in [2.05, 4.69) is 16.5 Å². The fraction of sp³-hybridized carbons (Fsp3) is 0.312. The maximum absolute atomic E-state index is 12.1. The first-order valence-corrected chi connectivity index (χ1v) is 7.26. The van der Waals surface area contributed by atoms with Crippen molar-refractivity contribution in [3.8, 4) is 6.19 Å². The van der Waals surface area contributed by atoms with Gasteiger partial charge in [-0.1, -0.05) is 30.3 Å². The second-order valence-corrected chi connectivity index (χ2v) is 5.44. The summed E-state index contributed by atoms with van der Waals surface area (Å²) in [6, 6.07) is 10.1. The smallest absolute Gasteiger partial charge is 0.230 e. The minimum Gasteiger partial charge on any atom is -0.331 e. The fourth-order valence-electron chi connectivity index (χ4n) is 2.60. The van der Waals surface area contributed by atoms with Crippen LogP contribution in [0.5, 0.6) is 0 Å². The number of imidazole rings is 1. The Morgan fingerprint density at radius 3 is 2.95 bits per heavy atom. The molecule has 1 aliphatic rings. The number of nitriles is 1. The molecule has 1 aromatic heterocycles. The van der Waals surface area contributed by atoms with Crippen LogP contribution in [0, 0.1) is 17.4 Å². The van der Waals surface area contributed by atoms with Crippen molar-refractivity contribution in [3.63, 3.8) is 0 Å². The highest BCUT2D eigenvalue weighted by atomic mass is 16.2. The molecular formula is C16H17N5O. The summed E-state index contributed by atoms with van der Waals surface area (Å²) in [7, 11) is 0. The molecular weight excluding hydrogens is 278 g/mol. The highest BCUT2D eigenvalue weighted by molar-refractivity contribution is 5.91. The number of nitrogens with zero attached hydrogens (tertiary/aromatic N) is 4. The lowest BCUT2D eigenvalue weighted by molar-refractivity contribution is -0.119. The maximum Gasteiger partial charge on any atom is 0.230 e. The second-order valence-electron chi connectivity index (χ2n) is 5.44. The summed E-state index contributed by atoms with van der Waals surface area (Å²) in [4.78, 5) is 18.0. The van der Waals surface area contributed by atoms with E-state index in [0.29, 0.717) is 25.3 Å². The summed E-state index contributed by atoms with van der Waals surface area (Å²) >= 11 is 0. The number of anilines is 1. The second kappa shape index (κ2) is 6.31. The van der Waals surface area contributed by atoms with Gasteiger partial charge >= 0.3 is 0 Å². The first-order valence-electron chi connectivity index (χ1n) is 7.26. The van der Waals surface area contributed by atoms with Crippen LogP contribution in [0.25, 0.3) is 0 Å². The van der Waals surface area contributed by atoms with Gasteiger partial charge in [-0.25, -0.2) is 4.98 Å². The van der Waals surface area contributed by atoms with Gasteiger partial charge in [0.15, 0.2) is 12.0 Å². The van der Waals surface area contributed by atoms with Crippen molar-refractivity contribution in [2.75, 3.05) is 18.4 Å². The molecule has 1 saturated heterocycles. The summed E-state index contributed by atoms with van der Waals surface area (Å²) < 4.78 is 1.93. The molecule has 0 unspecified atom stereocenters. The highest BCUT2D eigenvalue weighted by Crippen LogP contribution is 2.17. The van der Waals surface area contributed by atoms with E-state index in [1.54, 1.807) is 11.2 Å². The van der Waals surface area contributed by atoms with Gasteiger partial charge in [-0.2, -0.15) is 5.26 Å². The van der Waals surface area contributed by atoms with Crippen LogP contribution < -0.4 is 5.32 Å². The molecule has 1 N–H and O–H groups in total. The Labute approximate surface area is 129 Å². The topological polar surface area (TPSA) is 74.0 Å². The molecule has 0 saturated carbocycles. The van der Waals surface area contributed by atoms with Crippen molar-refractivity contribution in [1.82, 2.24) is 14.5 Å². The van der Waals surface area contributed by atoms with Gasteiger partial charge in [0, 0.05) is 25.8 Å². The summed E-state index contributed by atoms with van der Waals surface area (Å²) in [6.07, 6.45) is 6.32. The molecule has 1 fully saturated rings. The van der Waals surface area contributed by atoms with E-state index < -0.39 is 0 Å². The Morgan fingerprint density at radius 1 is 1.41 bits per heavy atom. The fourth-order valence-corrected chi connectivity index (χ4v) is 2.60. The largest absolute Gasteiger partial charge is 0.331 e. The Hall–Kier alpha value is -2.81. The molecule has 2 aromatic rings. The molecule has 3 rings (SSSR count). The van der Waals surface area contributed by atoms with Crippen LogP contribution in [0.2, 0.25) is 0 Å². The van der Waals surface area contributed by atoms with Crippen molar-refractivity contribution >= 4 is 11.7 Å². The number of carbonyl (C=O) groups is 1. The first kappa shape index (κ1) is 14.1. The molecule has 0 spiro atoms. The third kappa shape index (κ3) is 3.26. The quantitative estimate of drug-likeness (QED) is 0.871. The Kier molecular flexibility index (Phi) is 4.05. The number of aromatic nitrogens is 2. The molecule has 1 aromatic carbocycles. The van der Waals surface area contributed by atoms with Crippen LogP contribution in [0.4, 0.5) is 5.82 Å². The molecule has 6 heteroatoms. The van der Waals surface area contributed by atoms with E-state index in [0.717, 1.165) is 6.54 Å². The minimum absolute atomic E-state index is 0.0669. The van der Waals surface area contributed by atoms with Crippen LogP contribution in [0.1, 0.15) is 12.0 Å². The predicted octanol–water partition coefficient (Wildman–Crippen LogP) is 1.67. The van der Waals surface area contributed by atoms with Gasteiger partial charge in [-0.3, -0.25) is 4.79 Å². The molecule has 0 radical (unpaired) electrons. The van der Waals surface area contributed by atoms with Crippen LogP contribution in [-0.2, 0) is 11.3 Å². The van der Waals surface area contributed by atoms with Gasteiger partial charge in [-0.15, -0.1) is 0 Å². The molecule has 1 aliphatic heterocycles. The third-order valence-corrected chi connectivity index (χ3v) is 3.79. The lowest BCUT2D eigenvalue weighted by atomic mass is 10.1. The molecule has 1 atom stereocenters. The molecule has 2 heterocycles. The van der Waals surface area contributed by atoms with Gasteiger partial charge < -0.3 is 14.8 Å². The number of amides is 1.